The minimum atomic E-state index is 0.168. The quantitative estimate of drug-likeness (QED) is 0.947. The molecular formula is C18H24N4O. The zero-order chi connectivity index (χ0) is 15.8. The van der Waals surface area contributed by atoms with E-state index in [9.17, 15) is 4.79 Å². The maximum absolute atomic E-state index is 12.3. The van der Waals surface area contributed by atoms with Gasteiger partial charge in [0.1, 0.15) is 0 Å². The smallest absolute Gasteiger partial charge is 0.223 e. The van der Waals surface area contributed by atoms with E-state index in [0.29, 0.717) is 6.04 Å². The highest BCUT2D eigenvalue weighted by Crippen LogP contribution is 2.26. The number of hydrogen-bond donors (Lipinski definition) is 1. The van der Waals surface area contributed by atoms with E-state index in [1.165, 1.54) is 6.42 Å². The van der Waals surface area contributed by atoms with E-state index in [2.05, 4.69) is 34.0 Å². The van der Waals surface area contributed by atoms with E-state index in [1.54, 1.807) is 0 Å². The molecule has 1 saturated carbocycles. The number of nitrogens with zero attached hydrogens (tertiary/aromatic N) is 3. The Labute approximate surface area is 136 Å². The van der Waals surface area contributed by atoms with Gasteiger partial charge in [-0.3, -0.25) is 4.79 Å². The zero-order valence-electron chi connectivity index (χ0n) is 13.7. The van der Waals surface area contributed by atoms with E-state index >= 15 is 0 Å². The van der Waals surface area contributed by atoms with Gasteiger partial charge >= 0.3 is 0 Å². The molecule has 0 radical (unpaired) electrons. The summed E-state index contributed by atoms with van der Waals surface area (Å²) in [5, 5.41) is 3.20. The van der Waals surface area contributed by atoms with Crippen LogP contribution < -0.4 is 10.2 Å². The van der Waals surface area contributed by atoms with Gasteiger partial charge in [-0.2, -0.15) is 0 Å². The van der Waals surface area contributed by atoms with Gasteiger partial charge in [0.25, 0.3) is 0 Å². The average molecular weight is 312 g/mol. The van der Waals surface area contributed by atoms with Crippen LogP contribution in [0, 0.1) is 5.92 Å². The lowest BCUT2D eigenvalue weighted by atomic mass is 9.90. The highest BCUT2D eigenvalue weighted by molar-refractivity contribution is 5.80. The summed E-state index contributed by atoms with van der Waals surface area (Å²) >= 11 is 0. The number of benzene rings is 1. The van der Waals surface area contributed by atoms with Gasteiger partial charge in [0.15, 0.2) is 0 Å². The van der Waals surface area contributed by atoms with Crippen LogP contribution in [0.25, 0.3) is 11.0 Å². The summed E-state index contributed by atoms with van der Waals surface area (Å²) in [7, 11) is 2.07. The third-order valence-electron chi connectivity index (χ3n) is 5.36. The number of para-hydroxylation sites is 2. The standard InChI is InChI=1S/C18H24N4O/c1-21-16-8-3-2-7-15(16)20-18(21)22-11-9-13(10-12-22)17(23)19-14-5-4-6-14/h2-3,7-8,13-14H,4-6,9-12H2,1H3,(H,19,23). The summed E-state index contributed by atoms with van der Waals surface area (Å²) in [6.07, 6.45) is 5.41. The number of imidazole rings is 1. The normalized spacial score (nSPS) is 19.8. The number of rotatable bonds is 3. The van der Waals surface area contributed by atoms with Crippen LogP contribution in [0.15, 0.2) is 24.3 Å². The van der Waals surface area contributed by atoms with Gasteiger partial charge in [-0.1, -0.05) is 12.1 Å². The zero-order valence-corrected chi connectivity index (χ0v) is 13.7. The third kappa shape index (κ3) is 2.69. The van der Waals surface area contributed by atoms with Crippen molar-refractivity contribution in [3.05, 3.63) is 24.3 Å². The van der Waals surface area contributed by atoms with Crippen LogP contribution in [-0.2, 0) is 11.8 Å². The number of anilines is 1. The molecule has 5 heteroatoms. The van der Waals surface area contributed by atoms with Crippen molar-refractivity contribution in [2.75, 3.05) is 18.0 Å². The number of carbonyl (C=O) groups excluding carboxylic acids is 1. The molecule has 1 aliphatic carbocycles. The minimum Gasteiger partial charge on any atom is -0.353 e. The maximum Gasteiger partial charge on any atom is 0.223 e. The summed E-state index contributed by atoms with van der Waals surface area (Å²) in [6.45, 7) is 1.81. The lowest BCUT2D eigenvalue weighted by Gasteiger charge is -2.34. The molecule has 2 fully saturated rings. The number of hydrogen-bond acceptors (Lipinski definition) is 3. The number of piperidine rings is 1. The van der Waals surface area contributed by atoms with Crippen LogP contribution in [0.3, 0.4) is 0 Å². The van der Waals surface area contributed by atoms with Crippen LogP contribution in [0.4, 0.5) is 5.95 Å². The Morgan fingerprint density at radius 3 is 2.57 bits per heavy atom. The predicted octanol–water partition coefficient (Wildman–Crippen LogP) is 2.46. The molecule has 1 saturated heterocycles. The predicted molar refractivity (Wildman–Crippen MR) is 91.4 cm³/mol. The molecule has 1 amide bonds. The number of carbonyl (C=O) groups is 1. The fourth-order valence-corrected chi connectivity index (χ4v) is 3.63. The second-order valence-electron chi connectivity index (χ2n) is 6.86. The van der Waals surface area contributed by atoms with Crippen molar-refractivity contribution < 1.29 is 4.79 Å². The summed E-state index contributed by atoms with van der Waals surface area (Å²) in [6, 6.07) is 8.67. The molecule has 1 aliphatic heterocycles. The highest BCUT2D eigenvalue weighted by Gasteiger charge is 2.29. The fourth-order valence-electron chi connectivity index (χ4n) is 3.63. The van der Waals surface area contributed by atoms with Crippen LogP contribution in [0.5, 0.6) is 0 Å². The molecule has 1 N–H and O–H groups in total. The molecule has 5 nitrogen and oxygen atoms in total. The first-order valence-corrected chi connectivity index (χ1v) is 8.69. The fraction of sp³-hybridized carbons (Fsp3) is 0.556. The second-order valence-corrected chi connectivity index (χ2v) is 6.86. The van der Waals surface area contributed by atoms with E-state index in [-0.39, 0.29) is 11.8 Å². The molecule has 2 aromatic rings. The van der Waals surface area contributed by atoms with Crippen LogP contribution in [0.2, 0.25) is 0 Å². The topological polar surface area (TPSA) is 50.2 Å². The Balaban J connectivity index is 1.42. The molecule has 2 aliphatic rings. The van der Waals surface area contributed by atoms with Crippen molar-refractivity contribution in [2.45, 2.75) is 38.1 Å². The summed E-state index contributed by atoms with van der Waals surface area (Å²) < 4.78 is 2.16. The van der Waals surface area contributed by atoms with Crippen LogP contribution in [-0.4, -0.2) is 34.6 Å². The van der Waals surface area contributed by atoms with Gasteiger partial charge < -0.3 is 14.8 Å². The molecule has 0 unspecified atom stereocenters. The average Bonchev–Trinajstić information content (AvgIpc) is 2.88. The monoisotopic (exact) mass is 312 g/mol. The van der Waals surface area contributed by atoms with Crippen molar-refractivity contribution in [2.24, 2.45) is 13.0 Å². The van der Waals surface area contributed by atoms with Gasteiger partial charge in [0.05, 0.1) is 11.0 Å². The lowest BCUT2D eigenvalue weighted by molar-refractivity contribution is -0.126. The number of aryl methyl sites for hydroxylation is 1. The molecule has 1 aromatic carbocycles. The van der Waals surface area contributed by atoms with Crippen molar-refractivity contribution in [1.29, 1.82) is 0 Å². The Kier molecular flexibility index (Phi) is 3.71. The number of nitrogens with one attached hydrogen (secondary N) is 1. The van der Waals surface area contributed by atoms with E-state index in [1.807, 2.05) is 12.1 Å². The molecule has 2 heterocycles. The molecule has 0 bridgehead atoms. The first kappa shape index (κ1) is 14.5. The molecule has 4 rings (SSSR count). The van der Waals surface area contributed by atoms with E-state index < -0.39 is 0 Å². The first-order valence-electron chi connectivity index (χ1n) is 8.69. The van der Waals surface area contributed by atoms with Gasteiger partial charge in [-0.15, -0.1) is 0 Å². The maximum atomic E-state index is 12.3. The molecule has 0 spiro atoms. The molecular weight excluding hydrogens is 288 g/mol. The van der Waals surface area contributed by atoms with Gasteiger partial charge in [0, 0.05) is 32.1 Å². The van der Waals surface area contributed by atoms with Gasteiger partial charge in [-0.05, 0) is 44.2 Å². The lowest BCUT2D eigenvalue weighted by Crippen LogP contribution is -2.46. The molecule has 23 heavy (non-hydrogen) atoms. The molecule has 0 atom stereocenters. The molecule has 122 valence electrons. The Hall–Kier alpha value is -2.04. The van der Waals surface area contributed by atoms with Gasteiger partial charge in [-0.25, -0.2) is 4.98 Å². The Morgan fingerprint density at radius 2 is 1.91 bits per heavy atom. The number of amides is 1. The highest BCUT2D eigenvalue weighted by atomic mass is 16.2. The third-order valence-corrected chi connectivity index (χ3v) is 5.36. The first-order chi connectivity index (χ1) is 11.2. The van der Waals surface area contributed by atoms with Crippen molar-refractivity contribution in [1.82, 2.24) is 14.9 Å². The second kappa shape index (κ2) is 5.87. The SMILES string of the molecule is Cn1c(N2CCC(C(=O)NC3CCC3)CC2)nc2ccccc21. The summed E-state index contributed by atoms with van der Waals surface area (Å²) in [4.78, 5) is 19.4. The van der Waals surface area contributed by atoms with Gasteiger partial charge in [0.2, 0.25) is 11.9 Å². The number of fused-ring (bicyclic) bond motifs is 1. The Bertz CT molecular complexity index is 711. The molecule has 1 aromatic heterocycles. The summed E-state index contributed by atoms with van der Waals surface area (Å²) in [5.74, 6) is 1.45. The van der Waals surface area contributed by atoms with Crippen molar-refractivity contribution >= 4 is 22.9 Å². The van der Waals surface area contributed by atoms with Crippen LogP contribution >= 0.6 is 0 Å². The van der Waals surface area contributed by atoms with Crippen molar-refractivity contribution in [3.63, 3.8) is 0 Å². The minimum absolute atomic E-state index is 0.168. The Morgan fingerprint density at radius 1 is 1.17 bits per heavy atom. The number of aromatic nitrogens is 2. The van der Waals surface area contributed by atoms with E-state index in [0.717, 1.165) is 55.8 Å². The largest absolute Gasteiger partial charge is 0.353 e. The van der Waals surface area contributed by atoms with Crippen molar-refractivity contribution in [3.8, 4) is 0 Å². The summed E-state index contributed by atoms with van der Waals surface area (Å²) in [5.41, 5.74) is 2.20. The van der Waals surface area contributed by atoms with Crippen LogP contribution in [0.1, 0.15) is 32.1 Å². The van der Waals surface area contributed by atoms with E-state index in [4.69, 9.17) is 4.98 Å².